The van der Waals surface area contributed by atoms with Crippen LogP contribution in [0.2, 0.25) is 0 Å². The molecule has 5 unspecified atom stereocenters. The molecule has 2 spiro atoms. The van der Waals surface area contributed by atoms with Gasteiger partial charge >= 0.3 is 0 Å². The van der Waals surface area contributed by atoms with E-state index in [0.29, 0.717) is 5.41 Å². The molecule has 3 aliphatic heterocycles. The van der Waals surface area contributed by atoms with Crippen molar-refractivity contribution in [2.75, 3.05) is 6.54 Å². The summed E-state index contributed by atoms with van der Waals surface area (Å²) in [6, 6.07) is 1.99. The van der Waals surface area contributed by atoms with Gasteiger partial charge in [-0.2, -0.15) is 0 Å². The molecule has 6 aliphatic carbocycles. The molecule has 3 saturated heterocycles. The average molecular weight is 281 g/mol. The second-order valence-corrected chi connectivity index (χ2v) is 10.4. The van der Waals surface area contributed by atoms with Gasteiger partial charge in [-0.25, -0.2) is 0 Å². The second-order valence-electron chi connectivity index (χ2n) is 10.4. The predicted octanol–water partition coefficient (Wildman–Crippen LogP) is 3.85. The lowest BCUT2D eigenvalue weighted by Gasteiger charge is -2.63. The van der Waals surface area contributed by atoms with Crippen LogP contribution in [0, 0.1) is 39.9 Å². The van der Waals surface area contributed by atoms with Gasteiger partial charge in [0.2, 0.25) is 0 Å². The Bertz CT molecular complexity index is 609. The highest BCUT2D eigenvalue weighted by molar-refractivity contribution is 5.39. The maximum Gasteiger partial charge on any atom is 0.0195 e. The molecular weight excluding hydrogens is 254 g/mol. The van der Waals surface area contributed by atoms with Crippen molar-refractivity contribution in [3.05, 3.63) is 12.2 Å². The van der Waals surface area contributed by atoms with E-state index in [1.165, 1.54) is 32.2 Å². The van der Waals surface area contributed by atoms with Crippen LogP contribution in [0.15, 0.2) is 12.2 Å². The standard InChI is InChI=1S/C20H27N/c1-11-8-19-9-14-16-18(2)4-3-5-20(16)15(19)7-12(11)6-13(19)17(20)21(14)10-18/h12-17H,1,3-10H2,2H3/t12-,13?,14-,15+,16+,17?,18-,19?,20?/m0/s1. The number of piperidine rings is 2. The summed E-state index contributed by atoms with van der Waals surface area (Å²) in [6.07, 6.45) is 10.7. The van der Waals surface area contributed by atoms with Gasteiger partial charge in [-0.15, -0.1) is 0 Å². The summed E-state index contributed by atoms with van der Waals surface area (Å²) in [7, 11) is 0. The third-order valence-corrected chi connectivity index (χ3v) is 10.2. The van der Waals surface area contributed by atoms with Crippen molar-refractivity contribution in [3.63, 3.8) is 0 Å². The van der Waals surface area contributed by atoms with Gasteiger partial charge in [0.15, 0.2) is 0 Å². The number of allylic oxidation sites excluding steroid dienone is 1. The minimum Gasteiger partial charge on any atom is -0.296 e. The van der Waals surface area contributed by atoms with Crippen LogP contribution in [0.3, 0.4) is 0 Å². The number of hydrogen-bond acceptors (Lipinski definition) is 1. The lowest BCUT2D eigenvalue weighted by molar-refractivity contribution is -0.115. The van der Waals surface area contributed by atoms with E-state index in [4.69, 9.17) is 0 Å². The Kier molecular flexibility index (Phi) is 1.50. The highest BCUT2D eigenvalue weighted by Crippen LogP contribution is 2.87. The Morgan fingerprint density at radius 3 is 3.05 bits per heavy atom. The Morgan fingerprint density at radius 2 is 2.14 bits per heavy atom. The Balaban J connectivity index is 1.53. The van der Waals surface area contributed by atoms with Gasteiger partial charge in [-0.3, -0.25) is 4.90 Å². The fourth-order valence-corrected chi connectivity index (χ4v) is 10.4. The zero-order chi connectivity index (χ0) is 13.8. The van der Waals surface area contributed by atoms with Gasteiger partial charge < -0.3 is 0 Å². The normalized spacial score (nSPS) is 74.5. The number of nitrogens with zero attached hydrogens (tertiary/aromatic N) is 1. The molecule has 21 heavy (non-hydrogen) atoms. The van der Waals surface area contributed by atoms with Crippen molar-refractivity contribution in [1.29, 1.82) is 0 Å². The molecule has 0 aromatic heterocycles. The molecule has 112 valence electrons. The summed E-state index contributed by atoms with van der Waals surface area (Å²) in [5.41, 5.74) is 3.85. The highest BCUT2D eigenvalue weighted by Gasteiger charge is 2.86. The van der Waals surface area contributed by atoms with Crippen molar-refractivity contribution in [3.8, 4) is 0 Å². The van der Waals surface area contributed by atoms with E-state index < -0.39 is 0 Å². The maximum absolute atomic E-state index is 4.51. The van der Waals surface area contributed by atoms with Crippen molar-refractivity contribution in [2.24, 2.45) is 39.9 Å². The number of hydrogen-bond donors (Lipinski definition) is 0. The van der Waals surface area contributed by atoms with Gasteiger partial charge in [0.25, 0.3) is 0 Å². The highest BCUT2D eigenvalue weighted by atomic mass is 15.3. The lowest BCUT2D eigenvalue weighted by Crippen LogP contribution is -2.58. The van der Waals surface area contributed by atoms with Crippen LogP contribution in [0.5, 0.6) is 0 Å². The van der Waals surface area contributed by atoms with Crippen LogP contribution in [0.1, 0.15) is 51.9 Å². The predicted molar refractivity (Wildman–Crippen MR) is 82.7 cm³/mol. The van der Waals surface area contributed by atoms with Crippen molar-refractivity contribution in [1.82, 2.24) is 4.90 Å². The molecule has 10 atom stereocenters. The fraction of sp³-hybridized carbons (Fsp3) is 0.900. The van der Waals surface area contributed by atoms with Gasteiger partial charge in [0, 0.05) is 18.6 Å². The summed E-state index contributed by atoms with van der Waals surface area (Å²) in [5.74, 6) is 4.15. The third-order valence-electron chi connectivity index (χ3n) is 10.2. The minimum absolute atomic E-state index is 0.689. The van der Waals surface area contributed by atoms with E-state index >= 15 is 0 Å². The van der Waals surface area contributed by atoms with Gasteiger partial charge in [0.1, 0.15) is 0 Å². The van der Waals surface area contributed by atoms with E-state index in [9.17, 15) is 0 Å². The fourth-order valence-electron chi connectivity index (χ4n) is 10.4. The Morgan fingerprint density at radius 1 is 1.24 bits per heavy atom. The quantitative estimate of drug-likeness (QED) is 0.610. The zero-order valence-corrected chi connectivity index (χ0v) is 13.3. The second kappa shape index (κ2) is 2.79. The molecule has 9 fully saturated rings. The molecule has 1 nitrogen and oxygen atoms in total. The molecule has 6 saturated carbocycles. The van der Waals surface area contributed by atoms with Crippen LogP contribution in [-0.2, 0) is 0 Å². The maximum atomic E-state index is 4.51. The monoisotopic (exact) mass is 281 g/mol. The van der Waals surface area contributed by atoms with E-state index in [2.05, 4.69) is 18.4 Å². The van der Waals surface area contributed by atoms with E-state index in [1.807, 2.05) is 0 Å². The Labute approximate surface area is 128 Å². The SMILES string of the molecule is C=C1CC23C[C@H]4[C@H]5C67CCC[C@@]5(C)CN4C6C2C[C@H]1C[C@H]37. The first kappa shape index (κ1) is 11.3. The minimum atomic E-state index is 0.689. The zero-order valence-electron chi connectivity index (χ0n) is 13.3. The molecule has 0 aromatic rings. The largest absolute Gasteiger partial charge is 0.296 e. The van der Waals surface area contributed by atoms with Gasteiger partial charge in [-0.1, -0.05) is 25.5 Å². The molecule has 0 N–H and O–H groups in total. The van der Waals surface area contributed by atoms with Crippen molar-refractivity contribution >= 4 is 0 Å². The van der Waals surface area contributed by atoms with Crippen LogP contribution >= 0.6 is 0 Å². The molecule has 9 aliphatic rings. The summed E-state index contributed by atoms with van der Waals surface area (Å²) in [4.78, 5) is 3.09. The van der Waals surface area contributed by atoms with E-state index in [0.717, 1.165) is 46.6 Å². The summed E-state index contributed by atoms with van der Waals surface area (Å²) in [6.45, 7) is 8.63. The molecular formula is C20H27N. The average Bonchev–Trinajstić information content (AvgIpc) is 2.84. The first-order valence-corrected chi connectivity index (χ1v) is 9.54. The van der Waals surface area contributed by atoms with Gasteiger partial charge in [-0.05, 0) is 78.4 Å². The van der Waals surface area contributed by atoms with E-state index in [1.54, 1.807) is 24.8 Å². The topological polar surface area (TPSA) is 3.24 Å². The van der Waals surface area contributed by atoms with E-state index in [-0.39, 0.29) is 0 Å². The summed E-state index contributed by atoms with van der Waals surface area (Å²) in [5, 5.41) is 0. The van der Waals surface area contributed by atoms with Crippen molar-refractivity contribution in [2.45, 2.75) is 64.0 Å². The molecule has 0 aromatic carbocycles. The Hall–Kier alpha value is -0.300. The lowest BCUT2D eigenvalue weighted by atomic mass is 9.41. The van der Waals surface area contributed by atoms with Gasteiger partial charge in [0.05, 0.1) is 0 Å². The number of rotatable bonds is 0. The molecule has 0 amide bonds. The number of fused-ring (bicyclic) bond motifs is 1. The molecule has 9 rings (SSSR count). The van der Waals surface area contributed by atoms with Crippen LogP contribution in [-0.4, -0.2) is 23.5 Å². The first-order chi connectivity index (χ1) is 10.1. The molecule has 0 radical (unpaired) electrons. The molecule has 3 heterocycles. The molecule has 1 heteroatoms. The summed E-state index contributed by atoms with van der Waals surface area (Å²) >= 11 is 0. The van der Waals surface area contributed by atoms with Crippen LogP contribution in [0.4, 0.5) is 0 Å². The molecule has 9 bridgehead atoms. The summed E-state index contributed by atoms with van der Waals surface area (Å²) < 4.78 is 0. The third kappa shape index (κ3) is 0.821. The smallest absolute Gasteiger partial charge is 0.0195 e. The first-order valence-electron chi connectivity index (χ1n) is 9.54. The van der Waals surface area contributed by atoms with Crippen molar-refractivity contribution < 1.29 is 0 Å². The van der Waals surface area contributed by atoms with Crippen LogP contribution < -0.4 is 0 Å². The van der Waals surface area contributed by atoms with Crippen LogP contribution in [0.25, 0.3) is 0 Å².